The van der Waals surface area contributed by atoms with Gasteiger partial charge in [0.2, 0.25) is 0 Å². The van der Waals surface area contributed by atoms with Gasteiger partial charge < -0.3 is 9.67 Å². The molecule has 0 radical (unpaired) electrons. The Kier molecular flexibility index (Phi) is 3.05. The summed E-state index contributed by atoms with van der Waals surface area (Å²) in [5.41, 5.74) is 2.78. The van der Waals surface area contributed by atoms with Crippen molar-refractivity contribution < 1.29 is 14.7 Å². The first-order chi connectivity index (χ1) is 8.00. The Hall–Kier alpha value is -1.58. The zero-order valence-corrected chi connectivity index (χ0v) is 10.2. The van der Waals surface area contributed by atoms with Gasteiger partial charge in [-0.25, -0.2) is 0 Å². The van der Waals surface area contributed by atoms with E-state index in [-0.39, 0.29) is 18.6 Å². The molecule has 92 valence electrons. The lowest BCUT2D eigenvalue weighted by Crippen LogP contribution is -2.06. The van der Waals surface area contributed by atoms with E-state index in [0.29, 0.717) is 11.6 Å². The molecule has 0 aromatic carbocycles. The second kappa shape index (κ2) is 4.35. The Morgan fingerprint density at radius 1 is 1.35 bits per heavy atom. The molecule has 1 aromatic heterocycles. The molecule has 1 N–H and O–H groups in total. The van der Waals surface area contributed by atoms with E-state index in [0.717, 1.165) is 11.4 Å². The molecule has 0 saturated heterocycles. The molecule has 0 atom stereocenters. The predicted molar refractivity (Wildman–Crippen MR) is 63.4 cm³/mol. The maximum absolute atomic E-state index is 11.9. The molecule has 4 heteroatoms. The van der Waals surface area contributed by atoms with Gasteiger partial charge in [-0.05, 0) is 32.8 Å². The summed E-state index contributed by atoms with van der Waals surface area (Å²) in [5, 5.41) is 8.58. The highest BCUT2D eigenvalue weighted by atomic mass is 16.4. The van der Waals surface area contributed by atoms with Gasteiger partial charge in [0, 0.05) is 29.4 Å². The van der Waals surface area contributed by atoms with Crippen molar-refractivity contribution in [3.63, 3.8) is 0 Å². The number of Topliss-reactive ketones (excluding diaryl/α,β-unsaturated/α-hetero) is 1. The number of rotatable bonds is 5. The summed E-state index contributed by atoms with van der Waals surface area (Å²) in [6.45, 7) is 3.94. The summed E-state index contributed by atoms with van der Waals surface area (Å²) in [6.07, 6.45) is 2.36. The smallest absolute Gasteiger partial charge is 0.303 e. The second-order valence-electron chi connectivity index (χ2n) is 4.70. The minimum absolute atomic E-state index is 0.0626. The molecular weight excluding hydrogens is 218 g/mol. The topological polar surface area (TPSA) is 59.3 Å². The highest BCUT2D eigenvalue weighted by molar-refractivity contribution is 5.98. The Bertz CT molecular complexity index is 469. The number of hydrogen-bond donors (Lipinski definition) is 1. The van der Waals surface area contributed by atoms with E-state index < -0.39 is 5.97 Å². The average molecular weight is 235 g/mol. The Morgan fingerprint density at radius 2 is 2.00 bits per heavy atom. The number of hydrogen-bond acceptors (Lipinski definition) is 2. The van der Waals surface area contributed by atoms with E-state index in [2.05, 4.69) is 4.57 Å². The predicted octanol–water partition coefficient (Wildman–Crippen LogP) is 2.49. The molecule has 0 spiro atoms. The first kappa shape index (κ1) is 11.9. The molecule has 0 unspecified atom stereocenters. The zero-order valence-electron chi connectivity index (χ0n) is 10.2. The third kappa shape index (κ3) is 2.40. The van der Waals surface area contributed by atoms with Crippen molar-refractivity contribution in [2.45, 2.75) is 45.6 Å². The number of carbonyl (C=O) groups is 2. The average Bonchev–Trinajstić information content (AvgIpc) is 3.03. The Balaban J connectivity index is 2.18. The van der Waals surface area contributed by atoms with Crippen LogP contribution in [0.15, 0.2) is 6.07 Å². The van der Waals surface area contributed by atoms with Gasteiger partial charge in [0.25, 0.3) is 0 Å². The van der Waals surface area contributed by atoms with Crippen molar-refractivity contribution in [2.75, 3.05) is 0 Å². The number of carbonyl (C=O) groups excluding carboxylic acids is 1. The van der Waals surface area contributed by atoms with Crippen molar-refractivity contribution in [1.82, 2.24) is 4.57 Å². The molecule has 0 bridgehead atoms. The molecule has 1 saturated carbocycles. The van der Waals surface area contributed by atoms with Gasteiger partial charge in [0.05, 0.1) is 6.42 Å². The van der Waals surface area contributed by atoms with Crippen LogP contribution in [0.3, 0.4) is 0 Å². The number of carboxylic acid groups (broad SMARTS) is 1. The van der Waals surface area contributed by atoms with Crippen molar-refractivity contribution in [1.29, 1.82) is 0 Å². The van der Waals surface area contributed by atoms with E-state index in [1.54, 1.807) is 0 Å². The molecule has 0 amide bonds. The zero-order chi connectivity index (χ0) is 12.6. The summed E-state index contributed by atoms with van der Waals surface area (Å²) in [7, 11) is 0. The van der Waals surface area contributed by atoms with Crippen LogP contribution in [0, 0.1) is 13.8 Å². The number of aryl methyl sites for hydroxylation is 1. The van der Waals surface area contributed by atoms with Crippen LogP contribution < -0.4 is 0 Å². The second-order valence-corrected chi connectivity index (χ2v) is 4.70. The van der Waals surface area contributed by atoms with Gasteiger partial charge in [0.15, 0.2) is 5.78 Å². The third-order valence-electron chi connectivity index (χ3n) is 3.26. The van der Waals surface area contributed by atoms with Gasteiger partial charge >= 0.3 is 5.97 Å². The van der Waals surface area contributed by atoms with Crippen LogP contribution in [0.4, 0.5) is 0 Å². The van der Waals surface area contributed by atoms with Crippen molar-refractivity contribution in [3.05, 3.63) is 23.0 Å². The molecule has 2 rings (SSSR count). The lowest BCUT2D eigenvalue weighted by Gasteiger charge is -2.07. The van der Waals surface area contributed by atoms with E-state index in [1.165, 1.54) is 12.8 Å². The van der Waals surface area contributed by atoms with E-state index in [9.17, 15) is 9.59 Å². The molecule has 1 aromatic rings. The van der Waals surface area contributed by atoms with E-state index in [1.807, 2.05) is 19.9 Å². The molecule has 0 aliphatic heterocycles. The molecule has 1 heterocycles. The third-order valence-corrected chi connectivity index (χ3v) is 3.26. The van der Waals surface area contributed by atoms with Crippen molar-refractivity contribution in [3.8, 4) is 0 Å². The maximum Gasteiger partial charge on any atom is 0.303 e. The summed E-state index contributed by atoms with van der Waals surface area (Å²) in [4.78, 5) is 22.4. The van der Waals surface area contributed by atoms with Crippen LogP contribution in [-0.2, 0) is 4.79 Å². The molecular formula is C13H17NO3. The number of aliphatic carboxylic acids is 1. The summed E-state index contributed by atoms with van der Waals surface area (Å²) < 4.78 is 2.20. The number of carboxylic acids is 1. The van der Waals surface area contributed by atoms with Crippen LogP contribution in [0.2, 0.25) is 0 Å². The fourth-order valence-electron chi connectivity index (χ4n) is 2.31. The normalized spacial score (nSPS) is 14.9. The van der Waals surface area contributed by atoms with Gasteiger partial charge in [-0.15, -0.1) is 0 Å². The Morgan fingerprint density at radius 3 is 2.53 bits per heavy atom. The number of nitrogens with zero attached hydrogens (tertiary/aromatic N) is 1. The number of ketones is 1. The maximum atomic E-state index is 11.9. The fraction of sp³-hybridized carbons (Fsp3) is 0.538. The molecule has 1 aliphatic carbocycles. The lowest BCUT2D eigenvalue weighted by atomic mass is 10.1. The van der Waals surface area contributed by atoms with Crippen LogP contribution in [0.25, 0.3) is 0 Å². The SMILES string of the molecule is Cc1cc(C(=O)CCC(=O)O)c(C)n1C1CC1. The fourth-order valence-corrected chi connectivity index (χ4v) is 2.31. The molecule has 4 nitrogen and oxygen atoms in total. The lowest BCUT2D eigenvalue weighted by molar-refractivity contribution is -0.136. The summed E-state index contributed by atoms with van der Waals surface area (Å²) in [5.74, 6) is -0.984. The standard InChI is InChI=1S/C13H17NO3/c1-8-7-11(12(15)5-6-13(16)17)9(2)14(8)10-3-4-10/h7,10H,3-6H2,1-2H3,(H,16,17). The first-order valence-electron chi connectivity index (χ1n) is 5.94. The minimum atomic E-state index is -0.922. The van der Waals surface area contributed by atoms with Gasteiger partial charge in [-0.3, -0.25) is 9.59 Å². The molecule has 1 aliphatic rings. The van der Waals surface area contributed by atoms with E-state index in [4.69, 9.17) is 5.11 Å². The van der Waals surface area contributed by atoms with Crippen molar-refractivity contribution >= 4 is 11.8 Å². The van der Waals surface area contributed by atoms with Crippen LogP contribution in [0.1, 0.15) is 53.5 Å². The van der Waals surface area contributed by atoms with Gasteiger partial charge in [0.1, 0.15) is 0 Å². The quantitative estimate of drug-likeness (QED) is 0.797. The van der Waals surface area contributed by atoms with Gasteiger partial charge in [-0.1, -0.05) is 0 Å². The molecule has 17 heavy (non-hydrogen) atoms. The first-order valence-corrected chi connectivity index (χ1v) is 5.94. The largest absolute Gasteiger partial charge is 0.481 e. The number of aromatic nitrogens is 1. The van der Waals surface area contributed by atoms with E-state index >= 15 is 0 Å². The van der Waals surface area contributed by atoms with Crippen molar-refractivity contribution in [2.24, 2.45) is 0 Å². The highest BCUT2D eigenvalue weighted by Gasteiger charge is 2.28. The van der Waals surface area contributed by atoms with Crippen LogP contribution >= 0.6 is 0 Å². The summed E-state index contributed by atoms with van der Waals surface area (Å²) >= 11 is 0. The molecule has 1 fully saturated rings. The monoisotopic (exact) mass is 235 g/mol. The Labute approximate surface area is 100 Å². The van der Waals surface area contributed by atoms with Crippen LogP contribution in [-0.4, -0.2) is 21.4 Å². The van der Waals surface area contributed by atoms with Gasteiger partial charge in [-0.2, -0.15) is 0 Å². The van der Waals surface area contributed by atoms with Crippen LogP contribution in [0.5, 0.6) is 0 Å². The summed E-state index contributed by atoms with van der Waals surface area (Å²) in [6, 6.07) is 2.44. The minimum Gasteiger partial charge on any atom is -0.481 e. The highest BCUT2D eigenvalue weighted by Crippen LogP contribution is 2.38.